The Morgan fingerprint density at radius 3 is 2.54 bits per heavy atom. The van der Waals surface area contributed by atoms with Gasteiger partial charge in [-0.2, -0.15) is 0 Å². The Morgan fingerprint density at radius 2 is 1.88 bits per heavy atom. The molecule has 0 fully saturated rings. The van der Waals surface area contributed by atoms with Gasteiger partial charge in [-0.3, -0.25) is 0 Å². The summed E-state index contributed by atoms with van der Waals surface area (Å²) < 4.78 is 0. The van der Waals surface area contributed by atoms with Crippen molar-refractivity contribution in [3.63, 3.8) is 0 Å². The van der Waals surface area contributed by atoms with Gasteiger partial charge in [0.1, 0.15) is 0 Å². The van der Waals surface area contributed by atoms with Gasteiger partial charge in [0.2, 0.25) is 0 Å². The van der Waals surface area contributed by atoms with Crippen LogP contribution in [0.4, 0.5) is 0 Å². The molecule has 0 bridgehead atoms. The monoisotopic (exact) mass is 314 g/mol. The standard InChI is InChI=1S/C24H26/c1-5-12-21(13-6-2)24(22-15-8-7-9-16-22)20(4)23-17-11-10-14-19(3)18-23/h5-19H,1H2,2-4H3/b13-6-,21-12+,24-20-. The summed E-state index contributed by atoms with van der Waals surface area (Å²) in [5.41, 5.74) is 6.19. The first-order valence-electron chi connectivity index (χ1n) is 8.46. The van der Waals surface area contributed by atoms with E-state index in [4.69, 9.17) is 0 Å². The van der Waals surface area contributed by atoms with E-state index in [0.717, 1.165) is 0 Å². The molecule has 0 aromatic heterocycles. The van der Waals surface area contributed by atoms with E-state index in [-0.39, 0.29) is 0 Å². The molecule has 1 aromatic rings. The highest BCUT2D eigenvalue weighted by Crippen LogP contribution is 2.32. The molecule has 0 spiro atoms. The van der Waals surface area contributed by atoms with E-state index >= 15 is 0 Å². The van der Waals surface area contributed by atoms with Crippen molar-refractivity contribution < 1.29 is 0 Å². The molecule has 0 amide bonds. The van der Waals surface area contributed by atoms with Crippen LogP contribution in [0.25, 0.3) is 5.57 Å². The van der Waals surface area contributed by atoms with Gasteiger partial charge in [0.25, 0.3) is 0 Å². The summed E-state index contributed by atoms with van der Waals surface area (Å²) >= 11 is 0. The fraction of sp³-hybridized carbons (Fsp3) is 0.167. The second-order valence-electron chi connectivity index (χ2n) is 5.95. The number of allylic oxidation sites excluding steroid dienone is 13. The summed E-state index contributed by atoms with van der Waals surface area (Å²) in [7, 11) is 0. The highest BCUT2D eigenvalue weighted by molar-refractivity contribution is 5.87. The van der Waals surface area contributed by atoms with Crippen LogP contribution in [0.15, 0.2) is 108 Å². The van der Waals surface area contributed by atoms with Gasteiger partial charge >= 0.3 is 0 Å². The molecule has 1 unspecified atom stereocenters. The Bertz CT molecular complexity index is 746. The Labute approximate surface area is 146 Å². The number of hydrogen-bond acceptors (Lipinski definition) is 0. The summed E-state index contributed by atoms with van der Waals surface area (Å²) in [5, 5.41) is 0. The van der Waals surface area contributed by atoms with E-state index in [9.17, 15) is 0 Å². The van der Waals surface area contributed by atoms with Crippen molar-refractivity contribution in [2.24, 2.45) is 5.92 Å². The molecular formula is C24H26. The molecule has 0 N–H and O–H groups in total. The van der Waals surface area contributed by atoms with Crippen LogP contribution in [0.3, 0.4) is 0 Å². The lowest BCUT2D eigenvalue weighted by Gasteiger charge is -2.16. The molecule has 0 heteroatoms. The zero-order valence-electron chi connectivity index (χ0n) is 14.9. The molecule has 1 aliphatic carbocycles. The smallest absolute Gasteiger partial charge is 0.00697 e. The predicted molar refractivity (Wildman–Crippen MR) is 108 cm³/mol. The quantitative estimate of drug-likeness (QED) is 0.522. The Kier molecular flexibility index (Phi) is 6.57. The lowest BCUT2D eigenvalue weighted by molar-refractivity contribution is 0.935. The average molecular weight is 314 g/mol. The topological polar surface area (TPSA) is 0 Å². The number of rotatable bonds is 5. The third kappa shape index (κ3) is 4.45. The zero-order chi connectivity index (χ0) is 17.4. The van der Waals surface area contributed by atoms with E-state index in [2.05, 4.69) is 99.4 Å². The van der Waals surface area contributed by atoms with E-state index < -0.39 is 0 Å². The molecule has 24 heavy (non-hydrogen) atoms. The number of hydrogen-bond donors (Lipinski definition) is 0. The van der Waals surface area contributed by atoms with Crippen LogP contribution in [0, 0.1) is 5.92 Å². The van der Waals surface area contributed by atoms with Gasteiger partial charge in [-0.1, -0.05) is 98.5 Å². The zero-order valence-corrected chi connectivity index (χ0v) is 14.9. The fourth-order valence-corrected chi connectivity index (χ4v) is 2.92. The molecule has 1 aliphatic rings. The third-order valence-corrected chi connectivity index (χ3v) is 4.05. The summed E-state index contributed by atoms with van der Waals surface area (Å²) in [6, 6.07) is 10.6. The minimum absolute atomic E-state index is 0.426. The van der Waals surface area contributed by atoms with Gasteiger partial charge in [-0.25, -0.2) is 0 Å². The third-order valence-electron chi connectivity index (χ3n) is 4.05. The molecule has 1 atom stereocenters. The number of benzene rings is 1. The lowest BCUT2D eigenvalue weighted by atomic mass is 9.88. The summed E-state index contributed by atoms with van der Waals surface area (Å²) in [5.74, 6) is 0.426. The molecule has 0 nitrogen and oxygen atoms in total. The summed E-state index contributed by atoms with van der Waals surface area (Å²) in [6.45, 7) is 10.4. The first kappa shape index (κ1) is 17.7. The predicted octanol–water partition coefficient (Wildman–Crippen LogP) is 6.84. The van der Waals surface area contributed by atoms with Crippen molar-refractivity contribution >= 4 is 5.57 Å². The van der Waals surface area contributed by atoms with Crippen LogP contribution in [-0.2, 0) is 0 Å². The second-order valence-corrected chi connectivity index (χ2v) is 5.95. The van der Waals surface area contributed by atoms with Gasteiger partial charge in [0, 0.05) is 0 Å². The minimum atomic E-state index is 0.426. The van der Waals surface area contributed by atoms with Gasteiger partial charge in [0.05, 0.1) is 0 Å². The van der Waals surface area contributed by atoms with Crippen molar-refractivity contribution in [2.45, 2.75) is 20.8 Å². The minimum Gasteiger partial charge on any atom is -0.0990 e. The Hall–Kier alpha value is -2.60. The highest BCUT2D eigenvalue weighted by atomic mass is 14.2. The fourth-order valence-electron chi connectivity index (χ4n) is 2.92. The van der Waals surface area contributed by atoms with Crippen LogP contribution < -0.4 is 0 Å². The van der Waals surface area contributed by atoms with E-state index in [1.807, 2.05) is 13.0 Å². The molecule has 0 saturated carbocycles. The van der Waals surface area contributed by atoms with E-state index in [0.29, 0.717) is 5.92 Å². The molecule has 122 valence electrons. The van der Waals surface area contributed by atoms with Crippen LogP contribution in [-0.4, -0.2) is 0 Å². The maximum atomic E-state index is 3.89. The molecule has 1 aromatic carbocycles. The Balaban J connectivity index is 2.69. The van der Waals surface area contributed by atoms with Gasteiger partial charge < -0.3 is 0 Å². The maximum Gasteiger partial charge on any atom is -0.00697 e. The largest absolute Gasteiger partial charge is 0.0990 e. The summed E-state index contributed by atoms with van der Waals surface area (Å²) in [6.07, 6.45) is 19.1. The lowest BCUT2D eigenvalue weighted by Crippen LogP contribution is -1.96. The molecule has 2 rings (SSSR count). The van der Waals surface area contributed by atoms with Crippen LogP contribution in [0.1, 0.15) is 26.3 Å². The SMILES string of the molecule is C=C/C=C(\C=C/C)C(=C(\C)C1=CC(C)C=CC=C1)/c1ccccc1. The first-order chi connectivity index (χ1) is 11.7. The van der Waals surface area contributed by atoms with Crippen molar-refractivity contribution in [3.8, 4) is 0 Å². The van der Waals surface area contributed by atoms with Crippen molar-refractivity contribution in [1.29, 1.82) is 0 Å². The highest BCUT2D eigenvalue weighted by Gasteiger charge is 2.12. The molecular weight excluding hydrogens is 288 g/mol. The molecule has 0 saturated heterocycles. The second kappa shape index (κ2) is 8.88. The summed E-state index contributed by atoms with van der Waals surface area (Å²) in [4.78, 5) is 0. The van der Waals surface area contributed by atoms with Gasteiger partial charge in [-0.05, 0) is 47.6 Å². The van der Waals surface area contributed by atoms with Crippen molar-refractivity contribution in [3.05, 3.63) is 114 Å². The Morgan fingerprint density at radius 1 is 1.12 bits per heavy atom. The normalized spacial score (nSPS) is 19.0. The van der Waals surface area contributed by atoms with Crippen LogP contribution in [0.5, 0.6) is 0 Å². The molecule has 0 heterocycles. The average Bonchev–Trinajstić information content (AvgIpc) is 2.81. The van der Waals surface area contributed by atoms with Crippen molar-refractivity contribution in [2.75, 3.05) is 0 Å². The van der Waals surface area contributed by atoms with Gasteiger partial charge in [-0.15, -0.1) is 0 Å². The van der Waals surface area contributed by atoms with Crippen LogP contribution >= 0.6 is 0 Å². The van der Waals surface area contributed by atoms with Gasteiger partial charge in [0.15, 0.2) is 0 Å². The molecule has 0 radical (unpaired) electrons. The maximum absolute atomic E-state index is 3.89. The van der Waals surface area contributed by atoms with Crippen LogP contribution in [0.2, 0.25) is 0 Å². The first-order valence-corrected chi connectivity index (χ1v) is 8.46. The molecule has 0 aliphatic heterocycles. The van der Waals surface area contributed by atoms with E-state index in [1.165, 1.54) is 27.9 Å². The van der Waals surface area contributed by atoms with Crippen molar-refractivity contribution in [1.82, 2.24) is 0 Å². The van der Waals surface area contributed by atoms with E-state index in [1.54, 1.807) is 0 Å².